The van der Waals surface area contributed by atoms with Crippen molar-refractivity contribution in [3.05, 3.63) is 12.4 Å². The highest BCUT2D eigenvalue weighted by Gasteiger charge is 2.27. The summed E-state index contributed by atoms with van der Waals surface area (Å²) >= 11 is 0. The maximum atomic E-state index is 5.55. The van der Waals surface area contributed by atoms with Gasteiger partial charge in [-0.2, -0.15) is 0 Å². The number of nitrogens with zero attached hydrogens (tertiary/aromatic N) is 3. The highest BCUT2D eigenvalue weighted by Crippen LogP contribution is 2.16. The molecular weight excluding hydrogens is 208 g/mol. The lowest BCUT2D eigenvalue weighted by molar-refractivity contribution is -0.252. The van der Waals surface area contributed by atoms with Gasteiger partial charge in [-0.05, 0) is 13.8 Å². The second-order valence-electron chi connectivity index (χ2n) is 4.34. The van der Waals surface area contributed by atoms with Gasteiger partial charge in [-0.25, -0.2) is 0 Å². The predicted octanol–water partition coefficient (Wildman–Crippen LogP) is 0.0192. The van der Waals surface area contributed by atoms with E-state index in [2.05, 4.69) is 15.6 Å². The van der Waals surface area contributed by atoms with Crippen molar-refractivity contribution in [1.29, 1.82) is 0 Å². The van der Waals surface area contributed by atoms with Crippen LogP contribution in [0.25, 0.3) is 0 Å². The van der Waals surface area contributed by atoms with Crippen molar-refractivity contribution in [3.8, 4) is 0 Å². The molecule has 0 unspecified atom stereocenters. The Morgan fingerprint density at radius 3 is 2.81 bits per heavy atom. The van der Waals surface area contributed by atoms with Gasteiger partial charge in [0, 0.05) is 12.7 Å². The summed E-state index contributed by atoms with van der Waals surface area (Å²) in [4.78, 5) is 0. The Balaban J connectivity index is 1.64. The molecule has 90 valence electrons. The van der Waals surface area contributed by atoms with Crippen LogP contribution in [0.2, 0.25) is 0 Å². The van der Waals surface area contributed by atoms with E-state index < -0.39 is 5.79 Å². The Morgan fingerprint density at radius 2 is 2.19 bits per heavy atom. The van der Waals surface area contributed by atoms with Gasteiger partial charge in [0.25, 0.3) is 0 Å². The molecule has 16 heavy (non-hydrogen) atoms. The van der Waals surface area contributed by atoms with Gasteiger partial charge in [0.2, 0.25) is 0 Å². The summed E-state index contributed by atoms with van der Waals surface area (Å²) < 4.78 is 12.9. The van der Waals surface area contributed by atoms with E-state index in [-0.39, 0.29) is 6.04 Å². The van der Waals surface area contributed by atoms with Gasteiger partial charge in [-0.1, -0.05) is 5.21 Å². The third-order valence-corrected chi connectivity index (χ3v) is 2.51. The second kappa shape index (κ2) is 4.90. The van der Waals surface area contributed by atoms with Crippen LogP contribution in [0.3, 0.4) is 0 Å². The molecule has 2 rings (SSSR count). The average molecular weight is 226 g/mol. The summed E-state index contributed by atoms with van der Waals surface area (Å²) in [5.41, 5.74) is 0. The summed E-state index contributed by atoms with van der Waals surface area (Å²) in [6.45, 7) is 6.87. The van der Waals surface area contributed by atoms with Crippen molar-refractivity contribution in [3.63, 3.8) is 0 Å². The fourth-order valence-corrected chi connectivity index (χ4v) is 1.55. The molecule has 1 aromatic heterocycles. The van der Waals surface area contributed by atoms with Crippen LogP contribution in [0.4, 0.5) is 0 Å². The van der Waals surface area contributed by atoms with Crippen molar-refractivity contribution in [2.45, 2.75) is 32.2 Å². The topological polar surface area (TPSA) is 61.2 Å². The van der Waals surface area contributed by atoms with E-state index in [0.717, 1.165) is 13.1 Å². The van der Waals surface area contributed by atoms with E-state index in [1.807, 2.05) is 20.0 Å². The Hall–Kier alpha value is -0.980. The van der Waals surface area contributed by atoms with Crippen LogP contribution < -0.4 is 5.32 Å². The smallest absolute Gasteiger partial charge is 0.162 e. The first-order valence-electron chi connectivity index (χ1n) is 5.51. The Morgan fingerprint density at radius 1 is 1.44 bits per heavy atom. The normalized spacial score (nSPS) is 21.1. The molecule has 0 atom stereocenters. The zero-order valence-electron chi connectivity index (χ0n) is 9.72. The molecule has 6 nitrogen and oxygen atoms in total. The molecular formula is C10H18N4O2. The minimum Gasteiger partial charge on any atom is -0.349 e. The lowest BCUT2D eigenvalue weighted by Gasteiger charge is -2.35. The Kier molecular flexibility index (Phi) is 3.52. The fourth-order valence-electron chi connectivity index (χ4n) is 1.55. The van der Waals surface area contributed by atoms with Crippen LogP contribution in [0.5, 0.6) is 0 Å². The number of rotatable bonds is 4. The molecule has 1 aromatic rings. The first-order valence-corrected chi connectivity index (χ1v) is 5.51. The number of hydrogen-bond acceptors (Lipinski definition) is 5. The largest absolute Gasteiger partial charge is 0.349 e. The molecule has 0 spiro atoms. The molecule has 0 saturated carbocycles. The van der Waals surface area contributed by atoms with Gasteiger partial charge in [-0.3, -0.25) is 4.68 Å². The van der Waals surface area contributed by atoms with E-state index in [0.29, 0.717) is 13.2 Å². The van der Waals surface area contributed by atoms with Crippen LogP contribution >= 0.6 is 0 Å². The second-order valence-corrected chi connectivity index (χ2v) is 4.34. The summed E-state index contributed by atoms with van der Waals surface area (Å²) in [7, 11) is 0. The number of ether oxygens (including phenoxy) is 2. The minimum absolute atomic E-state index is 0.261. The van der Waals surface area contributed by atoms with E-state index >= 15 is 0 Å². The molecule has 1 N–H and O–H groups in total. The Bertz CT molecular complexity index is 303. The molecule has 1 aliphatic heterocycles. The van der Waals surface area contributed by atoms with Crippen LogP contribution in [0.1, 0.15) is 13.8 Å². The van der Waals surface area contributed by atoms with Gasteiger partial charge >= 0.3 is 0 Å². The van der Waals surface area contributed by atoms with Gasteiger partial charge in [-0.15, -0.1) is 5.10 Å². The summed E-state index contributed by atoms with van der Waals surface area (Å²) in [6.07, 6.45) is 3.52. The molecule has 2 heterocycles. The van der Waals surface area contributed by atoms with Crippen molar-refractivity contribution in [2.24, 2.45) is 0 Å². The maximum absolute atomic E-state index is 5.55. The molecule has 0 aliphatic carbocycles. The number of hydrogen-bond donors (Lipinski definition) is 1. The van der Waals surface area contributed by atoms with Crippen molar-refractivity contribution >= 4 is 0 Å². The zero-order valence-corrected chi connectivity index (χ0v) is 9.72. The minimum atomic E-state index is -0.440. The monoisotopic (exact) mass is 226 g/mol. The predicted molar refractivity (Wildman–Crippen MR) is 57.8 cm³/mol. The van der Waals surface area contributed by atoms with Crippen LogP contribution in [-0.4, -0.2) is 46.6 Å². The van der Waals surface area contributed by atoms with Crippen molar-refractivity contribution in [1.82, 2.24) is 20.3 Å². The molecule has 0 amide bonds. The molecule has 0 aromatic carbocycles. The maximum Gasteiger partial charge on any atom is 0.162 e. The summed E-state index contributed by atoms with van der Waals surface area (Å²) in [6, 6.07) is 0.261. The van der Waals surface area contributed by atoms with Crippen molar-refractivity contribution < 1.29 is 9.47 Å². The fraction of sp³-hybridized carbons (Fsp3) is 0.800. The summed E-state index contributed by atoms with van der Waals surface area (Å²) in [5.74, 6) is -0.440. The van der Waals surface area contributed by atoms with Gasteiger partial charge in [0.1, 0.15) is 0 Å². The zero-order chi connectivity index (χ0) is 11.4. The molecule has 0 bridgehead atoms. The highest BCUT2D eigenvalue weighted by atomic mass is 16.7. The summed E-state index contributed by atoms with van der Waals surface area (Å²) in [5, 5.41) is 11.0. The van der Waals surface area contributed by atoms with Gasteiger partial charge in [0.05, 0.1) is 32.0 Å². The van der Waals surface area contributed by atoms with Gasteiger partial charge < -0.3 is 14.8 Å². The van der Waals surface area contributed by atoms with E-state index in [1.165, 1.54) is 0 Å². The van der Waals surface area contributed by atoms with Crippen molar-refractivity contribution in [2.75, 3.05) is 19.8 Å². The standard InChI is InChI=1S/C10H18N4O2/c1-10(2)15-7-9(8-16-10)11-3-5-14-6-4-12-13-14/h4,6,9,11H,3,5,7-8H2,1-2H3. The van der Waals surface area contributed by atoms with Crippen LogP contribution in [-0.2, 0) is 16.0 Å². The molecule has 0 radical (unpaired) electrons. The lowest BCUT2D eigenvalue weighted by Crippen LogP contribution is -2.49. The third-order valence-electron chi connectivity index (χ3n) is 2.51. The number of aromatic nitrogens is 3. The van der Waals surface area contributed by atoms with Gasteiger partial charge in [0.15, 0.2) is 5.79 Å². The van der Waals surface area contributed by atoms with E-state index in [4.69, 9.17) is 9.47 Å². The average Bonchev–Trinajstić information content (AvgIpc) is 2.73. The lowest BCUT2D eigenvalue weighted by atomic mass is 10.2. The molecule has 6 heteroatoms. The quantitative estimate of drug-likeness (QED) is 0.784. The SMILES string of the molecule is CC1(C)OCC(NCCn2ccnn2)CO1. The van der Waals surface area contributed by atoms with Crippen LogP contribution in [0.15, 0.2) is 12.4 Å². The first kappa shape index (κ1) is 11.5. The van der Waals surface area contributed by atoms with Crippen LogP contribution in [0, 0.1) is 0 Å². The molecule has 1 saturated heterocycles. The number of nitrogens with one attached hydrogen (secondary N) is 1. The molecule has 1 fully saturated rings. The third kappa shape index (κ3) is 3.26. The first-order chi connectivity index (χ1) is 7.66. The Labute approximate surface area is 94.9 Å². The molecule has 1 aliphatic rings. The highest BCUT2D eigenvalue weighted by molar-refractivity contribution is 4.73. The van der Waals surface area contributed by atoms with E-state index in [9.17, 15) is 0 Å². The van der Waals surface area contributed by atoms with E-state index in [1.54, 1.807) is 10.9 Å².